The van der Waals surface area contributed by atoms with E-state index in [1.807, 2.05) is 0 Å². The second kappa shape index (κ2) is 5.16. The van der Waals surface area contributed by atoms with Crippen LogP contribution in [-0.2, 0) is 14.4 Å². The molecule has 3 amide bonds. The fraction of sp³-hybridized carbons (Fsp3) is 0.636. The largest absolute Gasteiger partial charge is 0.346 e. The van der Waals surface area contributed by atoms with Gasteiger partial charge in [0.2, 0.25) is 11.8 Å². The number of carbonyl (C=O) groups is 3. The predicted molar refractivity (Wildman–Crippen MR) is 63.6 cm³/mol. The van der Waals surface area contributed by atoms with Crippen LogP contribution in [0.15, 0.2) is 5.10 Å². The molecule has 0 aliphatic carbocycles. The Balaban J connectivity index is 1.88. The maximum Gasteiger partial charge on any atom is 0.267 e. The molecule has 2 N–H and O–H groups in total. The minimum atomic E-state index is -0.261. The third-order valence-electron chi connectivity index (χ3n) is 3.13. The quantitative estimate of drug-likeness (QED) is 0.659. The van der Waals surface area contributed by atoms with Gasteiger partial charge >= 0.3 is 0 Å². The van der Waals surface area contributed by atoms with Crippen molar-refractivity contribution in [3.05, 3.63) is 0 Å². The molecule has 7 nitrogen and oxygen atoms in total. The van der Waals surface area contributed by atoms with Crippen LogP contribution in [0.4, 0.5) is 0 Å². The Kier molecular flexibility index (Phi) is 3.59. The summed E-state index contributed by atoms with van der Waals surface area (Å²) < 4.78 is 0. The molecule has 2 aliphatic heterocycles. The van der Waals surface area contributed by atoms with E-state index in [1.54, 1.807) is 11.9 Å². The van der Waals surface area contributed by atoms with Crippen molar-refractivity contribution in [1.29, 1.82) is 0 Å². The van der Waals surface area contributed by atoms with Crippen LogP contribution in [-0.4, -0.2) is 48.0 Å². The molecule has 1 saturated heterocycles. The monoisotopic (exact) mass is 252 g/mol. The fourth-order valence-electron chi connectivity index (χ4n) is 2.04. The number of nitrogens with zero attached hydrogens (tertiary/aromatic N) is 2. The van der Waals surface area contributed by atoms with Gasteiger partial charge in [0.25, 0.3) is 5.91 Å². The van der Waals surface area contributed by atoms with Crippen molar-refractivity contribution in [2.24, 2.45) is 5.10 Å². The van der Waals surface area contributed by atoms with Crippen molar-refractivity contribution < 1.29 is 14.4 Å². The Labute approximate surface area is 105 Å². The summed E-state index contributed by atoms with van der Waals surface area (Å²) in [5.74, 6) is -0.333. The lowest BCUT2D eigenvalue weighted by Gasteiger charge is -2.30. The second-order valence-electron chi connectivity index (χ2n) is 4.58. The molecule has 0 aromatic heterocycles. The van der Waals surface area contributed by atoms with E-state index in [1.165, 1.54) is 0 Å². The zero-order valence-electron chi connectivity index (χ0n) is 10.2. The van der Waals surface area contributed by atoms with Gasteiger partial charge in [-0.2, -0.15) is 5.10 Å². The average molecular weight is 252 g/mol. The standard InChI is InChI=1S/C11H16N4O3/c1-15-6-7(2-5-10(15)17)12-11(18)8-3-4-9(16)14-13-8/h7H,2-6H2,1H3,(H,12,18)(H,14,16). The van der Waals surface area contributed by atoms with Gasteiger partial charge in [-0.15, -0.1) is 0 Å². The van der Waals surface area contributed by atoms with Crippen LogP contribution in [0.1, 0.15) is 25.7 Å². The first kappa shape index (κ1) is 12.5. The molecule has 18 heavy (non-hydrogen) atoms. The van der Waals surface area contributed by atoms with Crippen LogP contribution < -0.4 is 10.7 Å². The van der Waals surface area contributed by atoms with Gasteiger partial charge in [-0.1, -0.05) is 0 Å². The van der Waals surface area contributed by atoms with Gasteiger partial charge in [0.05, 0.1) is 0 Å². The molecule has 98 valence electrons. The molecule has 0 bridgehead atoms. The Bertz CT molecular complexity index is 419. The highest BCUT2D eigenvalue weighted by atomic mass is 16.2. The van der Waals surface area contributed by atoms with Crippen molar-refractivity contribution in [1.82, 2.24) is 15.6 Å². The molecule has 0 radical (unpaired) electrons. The maximum absolute atomic E-state index is 11.9. The molecule has 7 heteroatoms. The molecule has 2 rings (SSSR count). The summed E-state index contributed by atoms with van der Waals surface area (Å²) in [6.45, 7) is 0.518. The van der Waals surface area contributed by atoms with Crippen LogP contribution in [0, 0.1) is 0 Å². The number of hydrazone groups is 1. The Morgan fingerprint density at radius 1 is 1.39 bits per heavy atom. The van der Waals surface area contributed by atoms with E-state index in [2.05, 4.69) is 15.8 Å². The molecule has 2 aliphatic rings. The van der Waals surface area contributed by atoms with Crippen molar-refractivity contribution in [2.45, 2.75) is 31.7 Å². The van der Waals surface area contributed by atoms with E-state index in [0.717, 1.165) is 0 Å². The van der Waals surface area contributed by atoms with Crippen molar-refractivity contribution >= 4 is 23.4 Å². The van der Waals surface area contributed by atoms with E-state index in [0.29, 0.717) is 31.5 Å². The van der Waals surface area contributed by atoms with Gasteiger partial charge in [0.15, 0.2) is 0 Å². The van der Waals surface area contributed by atoms with E-state index in [9.17, 15) is 14.4 Å². The van der Waals surface area contributed by atoms with Gasteiger partial charge in [-0.05, 0) is 6.42 Å². The van der Waals surface area contributed by atoms with Crippen LogP contribution >= 0.6 is 0 Å². The average Bonchev–Trinajstić information content (AvgIpc) is 2.34. The Hall–Kier alpha value is -1.92. The molecule has 2 heterocycles. The van der Waals surface area contributed by atoms with Crippen molar-refractivity contribution in [3.8, 4) is 0 Å². The molecule has 0 spiro atoms. The van der Waals surface area contributed by atoms with E-state index in [4.69, 9.17) is 0 Å². The number of hydrogen-bond donors (Lipinski definition) is 2. The van der Waals surface area contributed by atoms with Gasteiger partial charge in [-0.3, -0.25) is 14.4 Å². The first-order valence-corrected chi connectivity index (χ1v) is 5.96. The van der Waals surface area contributed by atoms with Gasteiger partial charge < -0.3 is 10.2 Å². The van der Waals surface area contributed by atoms with E-state index >= 15 is 0 Å². The lowest BCUT2D eigenvalue weighted by molar-refractivity contribution is -0.133. The number of piperidine rings is 1. The lowest BCUT2D eigenvalue weighted by Crippen LogP contribution is -2.50. The van der Waals surface area contributed by atoms with Gasteiger partial charge in [0, 0.05) is 38.9 Å². The first-order valence-electron chi connectivity index (χ1n) is 5.96. The highest BCUT2D eigenvalue weighted by Gasteiger charge is 2.26. The Morgan fingerprint density at radius 2 is 2.17 bits per heavy atom. The summed E-state index contributed by atoms with van der Waals surface area (Å²) in [6, 6.07) is -0.0412. The van der Waals surface area contributed by atoms with Crippen LogP contribution in [0.25, 0.3) is 0 Å². The topological polar surface area (TPSA) is 90.9 Å². The Morgan fingerprint density at radius 3 is 2.78 bits per heavy atom. The third-order valence-corrected chi connectivity index (χ3v) is 3.13. The molecule has 1 fully saturated rings. The summed E-state index contributed by atoms with van der Waals surface area (Å²) in [5, 5.41) is 6.57. The SMILES string of the molecule is CN1CC(NC(=O)C2=NNC(=O)CC2)CCC1=O. The highest BCUT2D eigenvalue weighted by Crippen LogP contribution is 2.10. The lowest BCUT2D eigenvalue weighted by atomic mass is 10.0. The zero-order valence-corrected chi connectivity index (χ0v) is 10.2. The summed E-state index contributed by atoms with van der Waals surface area (Å²) in [6.07, 6.45) is 1.74. The number of nitrogens with one attached hydrogen (secondary N) is 2. The third kappa shape index (κ3) is 2.85. The van der Waals surface area contributed by atoms with Crippen LogP contribution in [0.5, 0.6) is 0 Å². The van der Waals surface area contributed by atoms with Crippen LogP contribution in [0.2, 0.25) is 0 Å². The summed E-state index contributed by atoms with van der Waals surface area (Å²) >= 11 is 0. The molecule has 0 saturated carbocycles. The molecule has 1 unspecified atom stereocenters. The smallest absolute Gasteiger partial charge is 0.267 e. The van der Waals surface area contributed by atoms with E-state index in [-0.39, 0.29) is 30.2 Å². The molecule has 0 aromatic carbocycles. The van der Waals surface area contributed by atoms with Gasteiger partial charge in [0.1, 0.15) is 5.71 Å². The van der Waals surface area contributed by atoms with E-state index < -0.39 is 0 Å². The highest BCUT2D eigenvalue weighted by molar-refractivity contribution is 6.39. The maximum atomic E-state index is 11.9. The second-order valence-corrected chi connectivity index (χ2v) is 4.58. The minimum absolute atomic E-state index is 0.0412. The number of hydrogen-bond acceptors (Lipinski definition) is 4. The summed E-state index contributed by atoms with van der Waals surface area (Å²) in [7, 11) is 1.72. The fourth-order valence-corrected chi connectivity index (χ4v) is 2.04. The number of likely N-dealkylation sites (tertiary alicyclic amines) is 1. The zero-order chi connectivity index (χ0) is 13.1. The summed E-state index contributed by atoms with van der Waals surface area (Å²) in [5.41, 5.74) is 2.63. The molecular weight excluding hydrogens is 236 g/mol. The minimum Gasteiger partial charge on any atom is -0.346 e. The van der Waals surface area contributed by atoms with Crippen molar-refractivity contribution in [2.75, 3.05) is 13.6 Å². The van der Waals surface area contributed by atoms with Crippen LogP contribution in [0.3, 0.4) is 0 Å². The normalized spacial score (nSPS) is 24.4. The predicted octanol–water partition coefficient (Wildman–Crippen LogP) is -1.01. The van der Waals surface area contributed by atoms with Crippen molar-refractivity contribution in [3.63, 3.8) is 0 Å². The van der Waals surface area contributed by atoms with Gasteiger partial charge in [-0.25, -0.2) is 5.43 Å². The number of amides is 3. The molecule has 0 aromatic rings. The number of carbonyl (C=O) groups excluding carboxylic acids is 3. The molecular formula is C11H16N4O3. The molecule has 1 atom stereocenters. The number of rotatable bonds is 2. The number of likely N-dealkylation sites (N-methyl/N-ethyl adjacent to an activating group) is 1. The summed E-state index contributed by atoms with van der Waals surface area (Å²) in [4.78, 5) is 35.7. The first-order chi connectivity index (χ1) is 8.56.